The molecule has 0 aromatic heterocycles. The Morgan fingerprint density at radius 1 is 0.921 bits per heavy atom. The molecule has 0 amide bonds. The number of aromatic hydroxyl groups is 1. The minimum absolute atomic E-state index is 0.0254. The molecule has 1 aliphatic carbocycles. The Bertz CT molecular complexity index is 1310. The number of hydrogen-bond donors (Lipinski definition) is 1. The summed E-state index contributed by atoms with van der Waals surface area (Å²) >= 11 is 12.2. The van der Waals surface area contributed by atoms with Crippen molar-refractivity contribution >= 4 is 23.2 Å². The van der Waals surface area contributed by atoms with Crippen LogP contribution >= 0.6 is 23.2 Å². The van der Waals surface area contributed by atoms with Crippen LogP contribution in [0.5, 0.6) is 11.5 Å². The standard InChI is InChI=1S/C29H25Cl2F3O4/c1-19(36-17-20-4-2-6-23(30)14-20)28(37-18-21-5-3-7-24(31)15-21)16-22(29(32,33)34)8-13-27(28)38-26-11-9-25(35)10-12-26/h2-16,19,27,35H,17-18H2,1H3. The van der Waals surface area contributed by atoms with E-state index in [1.165, 1.54) is 30.3 Å². The smallest absolute Gasteiger partial charge is 0.416 e. The average Bonchev–Trinajstić information content (AvgIpc) is 2.87. The molecule has 4 nitrogen and oxygen atoms in total. The molecule has 3 unspecified atom stereocenters. The number of ether oxygens (including phenoxy) is 3. The Labute approximate surface area is 228 Å². The Kier molecular flexibility index (Phi) is 8.73. The highest BCUT2D eigenvalue weighted by molar-refractivity contribution is 6.30. The number of phenolic OH excluding ortho intramolecular Hbond substituents is 1. The molecule has 3 atom stereocenters. The van der Waals surface area contributed by atoms with Crippen LogP contribution in [0.3, 0.4) is 0 Å². The van der Waals surface area contributed by atoms with Gasteiger partial charge in [-0.2, -0.15) is 13.2 Å². The van der Waals surface area contributed by atoms with E-state index < -0.39 is 29.6 Å². The molecule has 0 radical (unpaired) electrons. The lowest BCUT2D eigenvalue weighted by Crippen LogP contribution is -2.55. The van der Waals surface area contributed by atoms with E-state index >= 15 is 0 Å². The van der Waals surface area contributed by atoms with Crippen molar-refractivity contribution in [2.75, 3.05) is 0 Å². The van der Waals surface area contributed by atoms with Crippen LogP contribution in [-0.2, 0) is 22.7 Å². The molecule has 4 rings (SSSR count). The highest BCUT2D eigenvalue weighted by Crippen LogP contribution is 2.40. The third-order valence-electron chi connectivity index (χ3n) is 6.11. The summed E-state index contributed by atoms with van der Waals surface area (Å²) in [5.41, 5.74) is -1.17. The van der Waals surface area contributed by atoms with Crippen LogP contribution in [0.25, 0.3) is 0 Å². The van der Waals surface area contributed by atoms with Crippen molar-refractivity contribution < 1.29 is 32.5 Å². The number of halogens is 5. The summed E-state index contributed by atoms with van der Waals surface area (Å²) < 4.78 is 60.4. The third kappa shape index (κ3) is 6.91. The molecule has 0 spiro atoms. The van der Waals surface area contributed by atoms with Crippen molar-refractivity contribution in [3.63, 3.8) is 0 Å². The van der Waals surface area contributed by atoms with Crippen molar-refractivity contribution in [1.82, 2.24) is 0 Å². The van der Waals surface area contributed by atoms with Crippen LogP contribution in [0.15, 0.2) is 96.6 Å². The van der Waals surface area contributed by atoms with Crippen molar-refractivity contribution in [1.29, 1.82) is 0 Å². The normalized spacial score (nSPS) is 20.2. The van der Waals surface area contributed by atoms with Crippen molar-refractivity contribution in [3.8, 4) is 11.5 Å². The second kappa shape index (κ2) is 11.8. The van der Waals surface area contributed by atoms with E-state index in [1.54, 1.807) is 55.5 Å². The van der Waals surface area contributed by atoms with Gasteiger partial charge >= 0.3 is 6.18 Å². The number of alkyl halides is 3. The Balaban J connectivity index is 1.72. The molecule has 9 heteroatoms. The summed E-state index contributed by atoms with van der Waals surface area (Å²) in [5.74, 6) is 0.358. The Hall–Kier alpha value is -2.97. The number of benzene rings is 3. The Morgan fingerprint density at radius 3 is 2.11 bits per heavy atom. The molecule has 1 aliphatic rings. The van der Waals surface area contributed by atoms with Gasteiger partial charge in [-0.15, -0.1) is 0 Å². The van der Waals surface area contributed by atoms with Crippen LogP contribution in [0, 0.1) is 0 Å². The predicted octanol–water partition coefficient (Wildman–Crippen LogP) is 8.07. The highest BCUT2D eigenvalue weighted by atomic mass is 35.5. The summed E-state index contributed by atoms with van der Waals surface area (Å²) in [7, 11) is 0. The van der Waals surface area contributed by atoms with Crippen molar-refractivity contribution in [2.45, 2.75) is 44.1 Å². The summed E-state index contributed by atoms with van der Waals surface area (Å²) in [6.07, 6.45) is -3.25. The van der Waals surface area contributed by atoms with Crippen molar-refractivity contribution in [2.24, 2.45) is 0 Å². The highest BCUT2D eigenvalue weighted by Gasteiger charge is 2.50. The van der Waals surface area contributed by atoms with Crippen LogP contribution in [-0.4, -0.2) is 29.1 Å². The molecular formula is C29H25Cl2F3O4. The van der Waals surface area contributed by atoms with Crippen LogP contribution in [0.2, 0.25) is 10.0 Å². The van der Waals surface area contributed by atoms with Gasteiger partial charge in [0.15, 0.2) is 11.7 Å². The topological polar surface area (TPSA) is 47.9 Å². The first-order valence-corrected chi connectivity index (χ1v) is 12.5. The molecule has 0 aliphatic heterocycles. The molecule has 0 fully saturated rings. The quantitative estimate of drug-likeness (QED) is 0.285. The van der Waals surface area contributed by atoms with Gasteiger partial charge in [-0.05, 0) is 78.7 Å². The molecule has 3 aromatic rings. The van der Waals surface area contributed by atoms with Gasteiger partial charge in [-0.3, -0.25) is 0 Å². The van der Waals surface area contributed by atoms with E-state index in [0.29, 0.717) is 21.4 Å². The minimum Gasteiger partial charge on any atom is -0.508 e. The number of allylic oxidation sites excluding steroid dienone is 2. The molecule has 200 valence electrons. The summed E-state index contributed by atoms with van der Waals surface area (Å²) in [4.78, 5) is 0. The average molecular weight is 565 g/mol. The van der Waals surface area contributed by atoms with Gasteiger partial charge in [0.25, 0.3) is 0 Å². The van der Waals surface area contributed by atoms with Gasteiger partial charge < -0.3 is 19.3 Å². The van der Waals surface area contributed by atoms with Gasteiger partial charge in [0, 0.05) is 10.0 Å². The zero-order valence-electron chi connectivity index (χ0n) is 20.3. The van der Waals surface area contributed by atoms with Crippen molar-refractivity contribution in [3.05, 3.63) is 118 Å². The van der Waals surface area contributed by atoms with E-state index in [0.717, 1.165) is 17.7 Å². The molecule has 1 N–H and O–H groups in total. The van der Waals surface area contributed by atoms with E-state index in [9.17, 15) is 18.3 Å². The molecule has 0 saturated heterocycles. The fourth-order valence-electron chi connectivity index (χ4n) is 4.10. The second-order valence-corrected chi connectivity index (χ2v) is 9.72. The monoisotopic (exact) mass is 564 g/mol. The van der Waals surface area contributed by atoms with Gasteiger partial charge in [0.2, 0.25) is 0 Å². The lowest BCUT2D eigenvalue weighted by Gasteiger charge is -2.43. The molecular weight excluding hydrogens is 540 g/mol. The van der Waals surface area contributed by atoms with Gasteiger partial charge in [0.1, 0.15) is 11.5 Å². The molecule has 0 saturated carbocycles. The van der Waals surface area contributed by atoms with E-state index in [4.69, 9.17) is 37.4 Å². The fraction of sp³-hybridized carbons (Fsp3) is 0.241. The van der Waals surface area contributed by atoms with Crippen LogP contribution in [0.1, 0.15) is 18.1 Å². The first-order chi connectivity index (χ1) is 18.0. The van der Waals surface area contributed by atoms with Gasteiger partial charge in [-0.25, -0.2) is 0 Å². The molecule has 0 bridgehead atoms. The predicted molar refractivity (Wildman–Crippen MR) is 140 cm³/mol. The number of phenols is 1. The Morgan fingerprint density at radius 2 is 1.53 bits per heavy atom. The second-order valence-electron chi connectivity index (χ2n) is 8.84. The first-order valence-electron chi connectivity index (χ1n) is 11.7. The van der Waals surface area contributed by atoms with E-state index in [-0.39, 0.29) is 19.0 Å². The SMILES string of the molecule is CC(OCc1cccc(Cl)c1)C1(OCc2cccc(Cl)c2)C=C(C(F)(F)F)C=CC1Oc1ccc(O)cc1. The summed E-state index contributed by atoms with van der Waals surface area (Å²) in [5, 5.41) is 10.6. The van der Waals surface area contributed by atoms with E-state index in [1.807, 2.05) is 0 Å². The van der Waals surface area contributed by atoms with Gasteiger partial charge in [0.05, 0.1) is 24.9 Å². The first kappa shape index (κ1) is 28.0. The lowest BCUT2D eigenvalue weighted by molar-refractivity contribution is -0.161. The fourth-order valence-corrected chi connectivity index (χ4v) is 4.52. The maximum absolute atomic E-state index is 13.9. The van der Waals surface area contributed by atoms with Gasteiger partial charge in [-0.1, -0.05) is 53.5 Å². The zero-order valence-corrected chi connectivity index (χ0v) is 21.8. The summed E-state index contributed by atoms with van der Waals surface area (Å²) in [6.45, 7) is 1.66. The summed E-state index contributed by atoms with van der Waals surface area (Å²) in [6, 6.07) is 19.8. The maximum atomic E-state index is 13.9. The van der Waals surface area contributed by atoms with Crippen LogP contribution < -0.4 is 4.74 Å². The van der Waals surface area contributed by atoms with E-state index in [2.05, 4.69) is 0 Å². The van der Waals surface area contributed by atoms with Crippen LogP contribution in [0.4, 0.5) is 13.2 Å². The minimum atomic E-state index is -4.63. The largest absolute Gasteiger partial charge is 0.508 e. The maximum Gasteiger partial charge on any atom is 0.416 e. The molecule has 0 heterocycles. The third-order valence-corrected chi connectivity index (χ3v) is 6.58. The number of rotatable bonds is 9. The molecule has 3 aromatic carbocycles. The molecule has 38 heavy (non-hydrogen) atoms. The number of hydrogen-bond acceptors (Lipinski definition) is 4. The lowest BCUT2D eigenvalue weighted by atomic mass is 9.83. The zero-order chi connectivity index (χ0) is 27.3.